The summed E-state index contributed by atoms with van der Waals surface area (Å²) in [5.41, 5.74) is 2.42. The van der Waals surface area contributed by atoms with E-state index in [1.54, 1.807) is 6.92 Å². The Hall–Kier alpha value is -2.28. The van der Waals surface area contributed by atoms with Crippen molar-refractivity contribution >= 4 is 5.91 Å². The van der Waals surface area contributed by atoms with Gasteiger partial charge in [-0.2, -0.15) is 5.10 Å². The van der Waals surface area contributed by atoms with Gasteiger partial charge >= 0.3 is 0 Å². The van der Waals surface area contributed by atoms with E-state index in [2.05, 4.69) is 10.2 Å². The molecule has 0 saturated carbocycles. The van der Waals surface area contributed by atoms with Crippen LogP contribution in [0.3, 0.4) is 0 Å². The Morgan fingerprint density at radius 3 is 2.83 bits per heavy atom. The molecule has 1 saturated heterocycles. The average Bonchev–Trinajstić information content (AvgIpc) is 3.07. The molecule has 1 fully saturated rings. The number of aliphatic hydroxyl groups is 1. The molecule has 0 radical (unpaired) electrons. The Balaban J connectivity index is 1.88. The maximum atomic E-state index is 14.1. The molecule has 7 heteroatoms. The van der Waals surface area contributed by atoms with Crippen LogP contribution in [-0.4, -0.2) is 38.8 Å². The molecule has 3 rings (SSSR count). The maximum Gasteiger partial charge on any atom is 0.227 e. The van der Waals surface area contributed by atoms with E-state index in [0.717, 1.165) is 35.2 Å². The fraction of sp³-hybridized carbons (Fsp3) is 0.412. The van der Waals surface area contributed by atoms with E-state index in [-0.39, 0.29) is 30.9 Å². The van der Waals surface area contributed by atoms with E-state index in [9.17, 15) is 18.7 Å². The first-order chi connectivity index (χ1) is 11.4. The Morgan fingerprint density at radius 1 is 1.42 bits per heavy atom. The van der Waals surface area contributed by atoms with Crippen LogP contribution in [0, 0.1) is 25.5 Å². The van der Waals surface area contributed by atoms with Gasteiger partial charge in [0.1, 0.15) is 11.6 Å². The van der Waals surface area contributed by atoms with E-state index >= 15 is 0 Å². The van der Waals surface area contributed by atoms with Gasteiger partial charge in [0.05, 0.1) is 24.3 Å². The molecule has 2 aromatic rings. The number of rotatable bonds is 3. The summed E-state index contributed by atoms with van der Waals surface area (Å²) < 4.78 is 27.6. The van der Waals surface area contributed by atoms with E-state index in [1.807, 2.05) is 6.92 Å². The topological polar surface area (TPSA) is 69.2 Å². The normalized spacial score (nSPS) is 20.6. The fourth-order valence-corrected chi connectivity index (χ4v) is 3.24. The molecule has 0 aliphatic carbocycles. The molecule has 128 valence electrons. The lowest BCUT2D eigenvalue weighted by atomic mass is 10.0. The minimum absolute atomic E-state index is 0.0977. The third-order valence-corrected chi connectivity index (χ3v) is 4.53. The van der Waals surface area contributed by atoms with Crippen LogP contribution >= 0.6 is 0 Å². The Kier molecular flexibility index (Phi) is 4.36. The predicted octanol–water partition coefficient (Wildman–Crippen LogP) is 2.18. The molecule has 24 heavy (non-hydrogen) atoms. The molecule has 2 heterocycles. The van der Waals surface area contributed by atoms with Crippen molar-refractivity contribution in [3.8, 4) is 0 Å². The fourth-order valence-electron chi connectivity index (χ4n) is 3.24. The van der Waals surface area contributed by atoms with Gasteiger partial charge in [-0.05, 0) is 38.5 Å². The Bertz CT molecular complexity index is 756. The number of aromatic amines is 1. The van der Waals surface area contributed by atoms with Crippen molar-refractivity contribution in [2.75, 3.05) is 6.54 Å². The summed E-state index contributed by atoms with van der Waals surface area (Å²) in [6.45, 7) is 3.73. The summed E-state index contributed by atoms with van der Waals surface area (Å²) in [6.07, 6.45) is -0.461. The van der Waals surface area contributed by atoms with Gasteiger partial charge in [-0.25, -0.2) is 8.78 Å². The molecule has 2 atom stereocenters. The monoisotopic (exact) mass is 335 g/mol. The van der Waals surface area contributed by atoms with E-state index in [0.29, 0.717) is 0 Å². The summed E-state index contributed by atoms with van der Waals surface area (Å²) in [7, 11) is 0. The van der Waals surface area contributed by atoms with Crippen LogP contribution in [0.5, 0.6) is 0 Å². The van der Waals surface area contributed by atoms with Gasteiger partial charge in [0.25, 0.3) is 0 Å². The quantitative estimate of drug-likeness (QED) is 0.903. The number of H-pyrrole nitrogens is 1. The highest BCUT2D eigenvalue weighted by atomic mass is 19.1. The van der Waals surface area contributed by atoms with Crippen molar-refractivity contribution < 1.29 is 18.7 Å². The number of aryl methyl sites for hydroxylation is 2. The highest BCUT2D eigenvalue weighted by Gasteiger charge is 2.37. The zero-order chi connectivity index (χ0) is 17.4. The van der Waals surface area contributed by atoms with Gasteiger partial charge in [-0.3, -0.25) is 9.89 Å². The number of nitrogens with one attached hydrogen (secondary N) is 1. The molecule has 0 spiro atoms. The van der Waals surface area contributed by atoms with Crippen LogP contribution in [0.1, 0.15) is 35.0 Å². The third kappa shape index (κ3) is 3.03. The summed E-state index contributed by atoms with van der Waals surface area (Å²) in [4.78, 5) is 14.1. The van der Waals surface area contributed by atoms with Gasteiger partial charge in [0.2, 0.25) is 5.91 Å². The largest absolute Gasteiger partial charge is 0.391 e. The lowest BCUT2D eigenvalue weighted by Gasteiger charge is -2.25. The molecule has 0 unspecified atom stereocenters. The van der Waals surface area contributed by atoms with Gasteiger partial charge in [0.15, 0.2) is 0 Å². The first-order valence-corrected chi connectivity index (χ1v) is 7.79. The van der Waals surface area contributed by atoms with Crippen molar-refractivity contribution in [2.45, 2.75) is 38.8 Å². The third-order valence-electron chi connectivity index (χ3n) is 4.53. The van der Waals surface area contributed by atoms with Crippen LogP contribution in [0.15, 0.2) is 18.2 Å². The van der Waals surface area contributed by atoms with Gasteiger partial charge in [-0.15, -0.1) is 0 Å². The van der Waals surface area contributed by atoms with Gasteiger partial charge in [0, 0.05) is 23.4 Å². The minimum atomic E-state index is -0.756. The molecule has 1 aromatic carbocycles. The first kappa shape index (κ1) is 16.6. The maximum absolute atomic E-state index is 14.1. The summed E-state index contributed by atoms with van der Waals surface area (Å²) in [5, 5.41) is 16.8. The number of aromatic nitrogens is 2. The van der Waals surface area contributed by atoms with E-state index < -0.39 is 23.8 Å². The van der Waals surface area contributed by atoms with Crippen LogP contribution in [0.25, 0.3) is 0 Å². The minimum Gasteiger partial charge on any atom is -0.391 e. The molecule has 1 aliphatic rings. The average molecular weight is 335 g/mol. The number of nitrogens with zero attached hydrogens (tertiary/aromatic N) is 2. The zero-order valence-corrected chi connectivity index (χ0v) is 13.5. The zero-order valence-electron chi connectivity index (χ0n) is 13.5. The van der Waals surface area contributed by atoms with E-state index in [1.165, 1.54) is 4.90 Å². The second-order valence-corrected chi connectivity index (χ2v) is 6.21. The van der Waals surface area contributed by atoms with Crippen molar-refractivity contribution in [3.05, 3.63) is 52.3 Å². The number of benzene rings is 1. The number of carbonyl (C=O) groups excluding carboxylic acids is 1. The Labute approximate surface area is 138 Å². The number of hydrogen-bond acceptors (Lipinski definition) is 3. The van der Waals surface area contributed by atoms with Crippen LogP contribution in [0.2, 0.25) is 0 Å². The Morgan fingerprint density at radius 2 is 2.17 bits per heavy atom. The first-order valence-electron chi connectivity index (χ1n) is 7.79. The molecule has 5 nitrogen and oxygen atoms in total. The SMILES string of the molecule is Cc1n[nH]c(C)c1CC(=O)N1C[C@@H](O)C[C@H]1c1cc(F)ccc1F. The second kappa shape index (κ2) is 6.32. The molecule has 1 amide bonds. The number of hydrogen-bond donors (Lipinski definition) is 2. The summed E-state index contributed by atoms with van der Waals surface area (Å²) >= 11 is 0. The van der Waals surface area contributed by atoms with Crippen molar-refractivity contribution in [1.29, 1.82) is 0 Å². The second-order valence-electron chi connectivity index (χ2n) is 6.21. The number of amides is 1. The van der Waals surface area contributed by atoms with E-state index in [4.69, 9.17) is 0 Å². The standard InChI is InChI=1S/C17H19F2N3O2/c1-9-13(10(2)21-20-9)7-17(24)22-8-12(23)6-16(22)14-5-11(18)3-4-15(14)19/h3-5,12,16,23H,6-8H2,1-2H3,(H,20,21)/t12-,16-/m0/s1. The molecule has 1 aromatic heterocycles. The molecular formula is C17H19F2N3O2. The van der Waals surface area contributed by atoms with Crippen LogP contribution in [-0.2, 0) is 11.2 Å². The summed E-state index contributed by atoms with van der Waals surface area (Å²) in [6, 6.07) is 2.50. The smallest absolute Gasteiger partial charge is 0.227 e. The predicted molar refractivity (Wildman–Crippen MR) is 83.2 cm³/mol. The number of β-amino-alcohol motifs (C(OH)–C–C–N with tert-alkyl or cyclic N) is 1. The lowest BCUT2D eigenvalue weighted by molar-refractivity contribution is -0.131. The van der Waals surface area contributed by atoms with Crippen LogP contribution in [0.4, 0.5) is 8.78 Å². The van der Waals surface area contributed by atoms with Crippen molar-refractivity contribution in [2.24, 2.45) is 0 Å². The highest BCUT2D eigenvalue weighted by Crippen LogP contribution is 2.34. The number of halogens is 2. The summed E-state index contributed by atoms with van der Waals surface area (Å²) in [5.74, 6) is -1.39. The number of likely N-dealkylation sites (tertiary alicyclic amines) is 1. The number of carbonyl (C=O) groups is 1. The van der Waals surface area contributed by atoms with Crippen molar-refractivity contribution in [3.63, 3.8) is 0 Å². The van der Waals surface area contributed by atoms with Gasteiger partial charge in [-0.1, -0.05) is 0 Å². The molecule has 0 bridgehead atoms. The molecule has 1 aliphatic heterocycles. The lowest BCUT2D eigenvalue weighted by Crippen LogP contribution is -2.33. The van der Waals surface area contributed by atoms with Crippen molar-refractivity contribution in [1.82, 2.24) is 15.1 Å². The molecular weight excluding hydrogens is 316 g/mol. The van der Waals surface area contributed by atoms with Gasteiger partial charge < -0.3 is 10.0 Å². The molecule has 2 N–H and O–H groups in total. The van der Waals surface area contributed by atoms with Crippen LogP contribution < -0.4 is 0 Å². The highest BCUT2D eigenvalue weighted by molar-refractivity contribution is 5.80. The number of aliphatic hydroxyl groups excluding tert-OH is 1.